The van der Waals surface area contributed by atoms with Crippen molar-refractivity contribution >= 4 is 17.6 Å². The van der Waals surface area contributed by atoms with E-state index in [1.165, 1.54) is 0 Å². The standard InChI is InChI=1S/C20H22N2O5/c1-22(2)15-7-5-6-14(10-15)20(24)26-13-19(23)21-11-16-12-25-17-8-3-4-9-18(17)27-16/h3-10,16H,11-13H2,1-2H3,(H,21,23)/t16-/m1/s1. The number of hydrogen-bond acceptors (Lipinski definition) is 6. The Kier molecular flexibility index (Phi) is 5.80. The van der Waals surface area contributed by atoms with Crippen molar-refractivity contribution < 1.29 is 23.8 Å². The van der Waals surface area contributed by atoms with Gasteiger partial charge < -0.3 is 24.4 Å². The van der Waals surface area contributed by atoms with Crippen LogP contribution in [0.3, 0.4) is 0 Å². The average Bonchev–Trinajstić information content (AvgIpc) is 2.70. The molecule has 1 atom stereocenters. The molecular weight excluding hydrogens is 348 g/mol. The summed E-state index contributed by atoms with van der Waals surface area (Å²) in [4.78, 5) is 25.9. The minimum absolute atomic E-state index is 0.265. The summed E-state index contributed by atoms with van der Waals surface area (Å²) in [5, 5.41) is 2.69. The van der Waals surface area contributed by atoms with Gasteiger partial charge in [-0.3, -0.25) is 4.79 Å². The minimum Gasteiger partial charge on any atom is -0.486 e. The smallest absolute Gasteiger partial charge is 0.338 e. The Bertz CT molecular complexity index is 822. The first kappa shape index (κ1) is 18.6. The second kappa shape index (κ2) is 8.44. The van der Waals surface area contributed by atoms with E-state index in [-0.39, 0.29) is 19.3 Å². The van der Waals surface area contributed by atoms with E-state index < -0.39 is 11.9 Å². The number of nitrogens with one attached hydrogen (secondary N) is 1. The second-order valence-corrected chi connectivity index (χ2v) is 6.32. The molecule has 7 heteroatoms. The van der Waals surface area contributed by atoms with Gasteiger partial charge in [-0.25, -0.2) is 4.79 Å². The lowest BCUT2D eigenvalue weighted by molar-refractivity contribution is -0.124. The maximum atomic E-state index is 12.1. The van der Waals surface area contributed by atoms with Gasteiger partial charge in [0.05, 0.1) is 12.1 Å². The summed E-state index contributed by atoms with van der Waals surface area (Å²) in [6.07, 6.45) is -0.295. The molecule has 1 aliphatic heterocycles. The average molecular weight is 370 g/mol. The lowest BCUT2D eigenvalue weighted by Crippen LogP contribution is -2.42. The van der Waals surface area contributed by atoms with Crippen LogP contribution in [0, 0.1) is 0 Å². The lowest BCUT2D eigenvalue weighted by Gasteiger charge is -2.26. The van der Waals surface area contributed by atoms with Crippen LogP contribution in [-0.2, 0) is 9.53 Å². The first-order valence-electron chi connectivity index (χ1n) is 8.62. The van der Waals surface area contributed by atoms with Crippen LogP contribution in [-0.4, -0.2) is 51.8 Å². The highest BCUT2D eigenvalue weighted by Crippen LogP contribution is 2.30. The van der Waals surface area contributed by atoms with Crippen molar-refractivity contribution in [1.82, 2.24) is 5.32 Å². The molecule has 1 N–H and O–H groups in total. The van der Waals surface area contributed by atoms with E-state index in [1.54, 1.807) is 18.2 Å². The fourth-order valence-corrected chi connectivity index (χ4v) is 2.57. The molecule has 0 aliphatic carbocycles. The molecule has 0 saturated heterocycles. The molecular formula is C20H22N2O5. The zero-order valence-electron chi connectivity index (χ0n) is 15.3. The molecule has 7 nitrogen and oxygen atoms in total. The Labute approximate surface area is 157 Å². The van der Waals surface area contributed by atoms with Crippen LogP contribution in [0.5, 0.6) is 11.5 Å². The van der Waals surface area contributed by atoms with Crippen LogP contribution in [0.15, 0.2) is 48.5 Å². The van der Waals surface area contributed by atoms with Gasteiger partial charge in [0.1, 0.15) is 12.7 Å². The van der Waals surface area contributed by atoms with Crippen molar-refractivity contribution in [2.45, 2.75) is 6.10 Å². The van der Waals surface area contributed by atoms with Crippen LogP contribution >= 0.6 is 0 Å². The molecule has 1 aliphatic rings. The molecule has 0 saturated carbocycles. The van der Waals surface area contributed by atoms with Crippen molar-refractivity contribution in [2.24, 2.45) is 0 Å². The normalized spacial score (nSPS) is 15.0. The SMILES string of the molecule is CN(C)c1cccc(C(=O)OCC(=O)NC[C@@H]2COc3ccccc3O2)c1. The van der Waals surface area contributed by atoms with Crippen molar-refractivity contribution in [3.8, 4) is 11.5 Å². The predicted molar refractivity (Wildman–Crippen MR) is 100 cm³/mol. The third kappa shape index (κ3) is 4.91. The van der Waals surface area contributed by atoms with Crippen LogP contribution in [0.2, 0.25) is 0 Å². The van der Waals surface area contributed by atoms with E-state index in [1.807, 2.05) is 49.3 Å². The van der Waals surface area contributed by atoms with Gasteiger partial charge >= 0.3 is 5.97 Å². The molecule has 27 heavy (non-hydrogen) atoms. The number of fused-ring (bicyclic) bond motifs is 1. The van der Waals surface area contributed by atoms with E-state index >= 15 is 0 Å². The summed E-state index contributed by atoms with van der Waals surface area (Å²) in [5.41, 5.74) is 1.28. The Hall–Kier alpha value is -3.22. The van der Waals surface area contributed by atoms with Crippen molar-refractivity contribution in [3.63, 3.8) is 0 Å². The van der Waals surface area contributed by atoms with Crippen molar-refractivity contribution in [2.75, 3.05) is 38.8 Å². The Morgan fingerprint density at radius 3 is 2.70 bits per heavy atom. The molecule has 0 bridgehead atoms. The quantitative estimate of drug-likeness (QED) is 0.783. The number of amides is 1. The van der Waals surface area contributed by atoms with Crippen LogP contribution in [0.25, 0.3) is 0 Å². The van der Waals surface area contributed by atoms with E-state index in [0.29, 0.717) is 23.7 Å². The van der Waals surface area contributed by atoms with Crippen molar-refractivity contribution in [1.29, 1.82) is 0 Å². The molecule has 0 fully saturated rings. The first-order chi connectivity index (χ1) is 13.0. The number of nitrogens with zero attached hydrogens (tertiary/aromatic N) is 1. The minimum atomic E-state index is -0.542. The van der Waals surface area contributed by atoms with Gasteiger partial charge in [-0.2, -0.15) is 0 Å². The summed E-state index contributed by atoms with van der Waals surface area (Å²) in [6.45, 7) is 0.254. The third-order valence-corrected chi connectivity index (χ3v) is 4.03. The van der Waals surface area contributed by atoms with E-state index in [2.05, 4.69) is 5.32 Å². The van der Waals surface area contributed by atoms with E-state index in [0.717, 1.165) is 5.69 Å². The van der Waals surface area contributed by atoms with Gasteiger partial charge in [-0.1, -0.05) is 18.2 Å². The second-order valence-electron chi connectivity index (χ2n) is 6.32. The van der Waals surface area contributed by atoms with Gasteiger partial charge in [-0.05, 0) is 30.3 Å². The molecule has 2 aromatic rings. The molecule has 0 radical (unpaired) electrons. The van der Waals surface area contributed by atoms with E-state index in [4.69, 9.17) is 14.2 Å². The number of ether oxygens (including phenoxy) is 3. The fraction of sp³-hybridized carbons (Fsp3) is 0.300. The molecule has 3 rings (SSSR count). The molecule has 2 aromatic carbocycles. The third-order valence-electron chi connectivity index (χ3n) is 4.03. The number of rotatable bonds is 6. The zero-order valence-corrected chi connectivity index (χ0v) is 15.3. The van der Waals surface area contributed by atoms with Gasteiger partial charge in [0.15, 0.2) is 18.1 Å². The number of carbonyl (C=O) groups excluding carboxylic acids is 2. The highest BCUT2D eigenvalue weighted by atomic mass is 16.6. The molecule has 1 amide bonds. The number of anilines is 1. The number of esters is 1. The first-order valence-corrected chi connectivity index (χ1v) is 8.62. The van der Waals surface area contributed by atoms with E-state index in [9.17, 15) is 9.59 Å². The fourth-order valence-electron chi connectivity index (χ4n) is 2.57. The summed E-state index contributed by atoms with van der Waals surface area (Å²) in [5.74, 6) is 0.402. The maximum absolute atomic E-state index is 12.1. The van der Waals surface area contributed by atoms with Gasteiger partial charge in [0.25, 0.3) is 5.91 Å². The Morgan fingerprint density at radius 2 is 1.93 bits per heavy atom. The number of para-hydroxylation sites is 2. The zero-order chi connectivity index (χ0) is 19.2. The van der Waals surface area contributed by atoms with Gasteiger partial charge in [-0.15, -0.1) is 0 Å². The van der Waals surface area contributed by atoms with Crippen molar-refractivity contribution in [3.05, 3.63) is 54.1 Å². The molecule has 0 aromatic heterocycles. The molecule has 1 heterocycles. The summed E-state index contributed by atoms with van der Waals surface area (Å²) in [7, 11) is 3.76. The Morgan fingerprint density at radius 1 is 1.15 bits per heavy atom. The van der Waals surface area contributed by atoms with Gasteiger partial charge in [0, 0.05) is 19.8 Å². The molecule has 0 unspecified atom stereocenters. The Balaban J connectivity index is 1.44. The summed E-state index contributed by atoms with van der Waals surface area (Å²) < 4.78 is 16.4. The monoisotopic (exact) mass is 370 g/mol. The number of hydrogen-bond donors (Lipinski definition) is 1. The summed E-state index contributed by atoms with van der Waals surface area (Å²) in [6, 6.07) is 14.4. The van der Waals surface area contributed by atoms with Crippen LogP contribution < -0.4 is 19.7 Å². The molecule has 0 spiro atoms. The lowest BCUT2D eigenvalue weighted by atomic mass is 10.2. The largest absolute Gasteiger partial charge is 0.486 e. The topological polar surface area (TPSA) is 77.1 Å². The number of benzene rings is 2. The maximum Gasteiger partial charge on any atom is 0.338 e. The van der Waals surface area contributed by atoms with Crippen LogP contribution in [0.1, 0.15) is 10.4 Å². The highest BCUT2D eigenvalue weighted by Gasteiger charge is 2.21. The highest BCUT2D eigenvalue weighted by molar-refractivity contribution is 5.92. The number of carbonyl (C=O) groups is 2. The summed E-state index contributed by atoms with van der Waals surface area (Å²) >= 11 is 0. The van der Waals surface area contributed by atoms with Gasteiger partial charge in [0.2, 0.25) is 0 Å². The predicted octanol–water partition coefficient (Wildman–Crippen LogP) is 1.87. The molecule has 142 valence electrons. The van der Waals surface area contributed by atoms with Crippen LogP contribution in [0.4, 0.5) is 5.69 Å².